The number of nitrogens with one attached hydrogen (secondary N) is 2. The average Bonchev–Trinajstić information content (AvgIpc) is 3.17. The maximum atomic E-state index is 13.1. The number of carbonyl (C=O) groups excluding carboxylic acids is 3. The second-order valence-electron chi connectivity index (χ2n) is 8.92. The number of benzene rings is 2. The van der Waals surface area contributed by atoms with E-state index >= 15 is 0 Å². The predicted octanol–water partition coefficient (Wildman–Crippen LogP) is 4.86. The van der Waals surface area contributed by atoms with Crippen molar-refractivity contribution in [3.05, 3.63) is 65.7 Å². The molecule has 1 fully saturated rings. The molecule has 192 valence electrons. The third kappa shape index (κ3) is 9.41. The molecular formula is C28H35N3O4S. The number of ether oxygens (including phenoxy) is 1. The molecule has 7 nitrogen and oxygen atoms in total. The van der Waals surface area contributed by atoms with Crippen LogP contribution in [0.5, 0.6) is 0 Å². The Morgan fingerprint density at radius 3 is 2.31 bits per heavy atom. The Morgan fingerprint density at radius 2 is 1.56 bits per heavy atom. The van der Waals surface area contributed by atoms with Gasteiger partial charge < -0.3 is 20.3 Å². The molecule has 36 heavy (non-hydrogen) atoms. The lowest BCUT2D eigenvalue weighted by Gasteiger charge is -2.22. The van der Waals surface area contributed by atoms with Crippen molar-refractivity contribution in [3.63, 3.8) is 0 Å². The average molecular weight is 510 g/mol. The molecule has 2 N–H and O–H groups in total. The molecule has 0 aromatic heterocycles. The number of para-hydroxylation sites is 1. The lowest BCUT2D eigenvalue weighted by atomic mass is 10.1. The molecule has 2 amide bonds. The van der Waals surface area contributed by atoms with Gasteiger partial charge >= 0.3 is 5.97 Å². The highest BCUT2D eigenvalue weighted by atomic mass is 32.1. The van der Waals surface area contributed by atoms with Gasteiger partial charge in [-0.15, -0.1) is 0 Å². The van der Waals surface area contributed by atoms with Gasteiger partial charge in [-0.05, 0) is 62.0 Å². The largest absolute Gasteiger partial charge is 0.466 e. The first kappa shape index (κ1) is 27.3. The molecule has 1 aliphatic heterocycles. The van der Waals surface area contributed by atoms with E-state index in [4.69, 9.17) is 17.0 Å². The number of aryl methyl sites for hydroxylation is 1. The number of anilines is 1. The van der Waals surface area contributed by atoms with E-state index < -0.39 is 0 Å². The zero-order chi connectivity index (χ0) is 25.6. The molecule has 0 atom stereocenters. The second kappa shape index (κ2) is 15.0. The van der Waals surface area contributed by atoms with Crippen LogP contribution in [0.3, 0.4) is 0 Å². The minimum absolute atomic E-state index is 0.0311. The van der Waals surface area contributed by atoms with E-state index in [-0.39, 0.29) is 35.7 Å². The van der Waals surface area contributed by atoms with Gasteiger partial charge in [-0.1, -0.05) is 55.3 Å². The van der Waals surface area contributed by atoms with Crippen molar-refractivity contribution >= 4 is 40.8 Å². The highest BCUT2D eigenvalue weighted by Crippen LogP contribution is 2.20. The van der Waals surface area contributed by atoms with Crippen molar-refractivity contribution in [3.8, 4) is 0 Å². The van der Waals surface area contributed by atoms with Gasteiger partial charge in [-0.25, -0.2) is 0 Å². The van der Waals surface area contributed by atoms with Gasteiger partial charge in [0.05, 0.1) is 17.9 Å². The summed E-state index contributed by atoms with van der Waals surface area (Å²) in [6.45, 7) is 1.87. The molecular weight excluding hydrogens is 474 g/mol. The van der Waals surface area contributed by atoms with Crippen LogP contribution in [0, 0.1) is 0 Å². The summed E-state index contributed by atoms with van der Waals surface area (Å²) in [5.41, 5.74) is 2.31. The Labute approximate surface area is 218 Å². The number of carbonyl (C=O) groups is 3. The van der Waals surface area contributed by atoms with Crippen LogP contribution >= 0.6 is 12.2 Å². The second-order valence-corrected chi connectivity index (χ2v) is 9.33. The van der Waals surface area contributed by atoms with E-state index in [1.165, 1.54) is 5.56 Å². The van der Waals surface area contributed by atoms with Gasteiger partial charge in [0, 0.05) is 25.9 Å². The van der Waals surface area contributed by atoms with Crippen LogP contribution in [0.1, 0.15) is 67.3 Å². The van der Waals surface area contributed by atoms with Gasteiger partial charge in [0.2, 0.25) is 5.91 Å². The highest BCUT2D eigenvalue weighted by Gasteiger charge is 2.20. The molecule has 0 bridgehead atoms. The van der Waals surface area contributed by atoms with E-state index in [0.717, 1.165) is 51.6 Å². The minimum atomic E-state index is -0.308. The van der Waals surface area contributed by atoms with Crippen molar-refractivity contribution in [2.24, 2.45) is 0 Å². The zero-order valence-electron chi connectivity index (χ0n) is 20.7. The Balaban J connectivity index is 1.35. The van der Waals surface area contributed by atoms with Crippen LogP contribution in [-0.4, -0.2) is 47.5 Å². The molecule has 1 heterocycles. The van der Waals surface area contributed by atoms with Crippen molar-refractivity contribution in [1.29, 1.82) is 0 Å². The number of rotatable bonds is 10. The first-order chi connectivity index (χ1) is 17.5. The molecule has 0 saturated carbocycles. The third-order valence-electron chi connectivity index (χ3n) is 6.05. The predicted molar refractivity (Wildman–Crippen MR) is 145 cm³/mol. The Hall–Kier alpha value is -3.26. The van der Waals surface area contributed by atoms with Gasteiger partial charge in [0.25, 0.3) is 5.91 Å². The molecule has 3 rings (SSSR count). The van der Waals surface area contributed by atoms with E-state index in [2.05, 4.69) is 10.6 Å². The van der Waals surface area contributed by atoms with Gasteiger partial charge in [0.15, 0.2) is 5.11 Å². The number of hydrogen-bond donors (Lipinski definition) is 2. The molecule has 0 spiro atoms. The van der Waals surface area contributed by atoms with E-state index in [1.54, 1.807) is 12.1 Å². The van der Waals surface area contributed by atoms with Crippen molar-refractivity contribution in [2.75, 3.05) is 25.0 Å². The summed E-state index contributed by atoms with van der Waals surface area (Å²) < 4.78 is 5.25. The lowest BCUT2D eigenvalue weighted by Crippen LogP contribution is -2.36. The number of nitrogens with zero attached hydrogens (tertiary/aromatic N) is 1. The minimum Gasteiger partial charge on any atom is -0.466 e. The van der Waals surface area contributed by atoms with Crippen molar-refractivity contribution in [2.45, 2.75) is 57.8 Å². The summed E-state index contributed by atoms with van der Waals surface area (Å²) in [5, 5.41) is 5.74. The standard InChI is InChI=1S/C28H35N3O4S/c32-25(17-10-18-26(33)35-21-11-14-22-12-4-3-5-13-22)30-28(36)29-24-16-7-6-15-23(24)27(34)31-19-8-1-2-9-20-31/h3-7,12-13,15-16H,1-2,8-11,14,17-21H2,(H2,29,30,32,36). The lowest BCUT2D eigenvalue weighted by molar-refractivity contribution is -0.143. The fourth-order valence-corrected chi connectivity index (χ4v) is 4.36. The molecule has 0 unspecified atom stereocenters. The fraction of sp³-hybridized carbons (Fsp3) is 0.429. The Morgan fingerprint density at radius 1 is 0.861 bits per heavy atom. The third-order valence-corrected chi connectivity index (χ3v) is 6.26. The molecule has 1 aliphatic rings. The number of thiocarbonyl (C=S) groups is 1. The van der Waals surface area contributed by atoms with Crippen LogP contribution < -0.4 is 10.6 Å². The van der Waals surface area contributed by atoms with Crippen LogP contribution in [0.15, 0.2) is 54.6 Å². The summed E-state index contributed by atoms with van der Waals surface area (Å²) >= 11 is 5.29. The first-order valence-electron chi connectivity index (χ1n) is 12.7. The molecule has 0 radical (unpaired) electrons. The van der Waals surface area contributed by atoms with Crippen molar-refractivity contribution in [1.82, 2.24) is 10.2 Å². The zero-order valence-corrected chi connectivity index (χ0v) is 21.5. The summed E-state index contributed by atoms with van der Waals surface area (Å²) in [6.07, 6.45) is 6.62. The maximum Gasteiger partial charge on any atom is 0.305 e. The Kier molecular flexibility index (Phi) is 11.4. The van der Waals surface area contributed by atoms with Crippen LogP contribution in [0.4, 0.5) is 5.69 Å². The summed E-state index contributed by atoms with van der Waals surface area (Å²) in [7, 11) is 0. The first-order valence-corrected chi connectivity index (χ1v) is 13.1. The number of esters is 1. The number of likely N-dealkylation sites (tertiary alicyclic amines) is 1. The van der Waals surface area contributed by atoms with E-state index in [0.29, 0.717) is 24.3 Å². The summed E-state index contributed by atoms with van der Waals surface area (Å²) in [4.78, 5) is 39.2. The molecule has 2 aromatic rings. The topological polar surface area (TPSA) is 87.7 Å². The SMILES string of the molecule is O=C(CCCC(=O)OCCCc1ccccc1)NC(=S)Nc1ccccc1C(=O)N1CCCCCC1. The van der Waals surface area contributed by atoms with Crippen LogP contribution in [-0.2, 0) is 20.7 Å². The Bertz CT molecular complexity index is 1020. The maximum absolute atomic E-state index is 13.1. The fourth-order valence-electron chi connectivity index (χ4n) is 4.14. The number of amides is 2. The number of hydrogen-bond acceptors (Lipinski definition) is 5. The monoisotopic (exact) mass is 509 g/mol. The van der Waals surface area contributed by atoms with Gasteiger partial charge in [0.1, 0.15) is 0 Å². The molecule has 1 saturated heterocycles. The highest BCUT2D eigenvalue weighted by molar-refractivity contribution is 7.80. The van der Waals surface area contributed by atoms with E-state index in [9.17, 15) is 14.4 Å². The smallest absolute Gasteiger partial charge is 0.305 e. The normalized spacial score (nSPS) is 13.4. The summed E-state index contributed by atoms with van der Waals surface area (Å²) in [6, 6.07) is 17.2. The quantitative estimate of drug-likeness (QED) is 0.270. The van der Waals surface area contributed by atoms with Crippen LogP contribution in [0.2, 0.25) is 0 Å². The van der Waals surface area contributed by atoms with Crippen molar-refractivity contribution < 1.29 is 19.1 Å². The summed E-state index contributed by atoms with van der Waals surface area (Å²) in [5.74, 6) is -0.630. The molecule has 2 aromatic carbocycles. The van der Waals surface area contributed by atoms with Crippen LogP contribution in [0.25, 0.3) is 0 Å². The van der Waals surface area contributed by atoms with E-state index in [1.807, 2.05) is 47.4 Å². The van der Waals surface area contributed by atoms with Gasteiger partial charge in [-0.2, -0.15) is 0 Å². The molecule has 8 heteroatoms. The van der Waals surface area contributed by atoms with Gasteiger partial charge in [-0.3, -0.25) is 14.4 Å². The molecule has 0 aliphatic carbocycles.